The molecule has 1 aliphatic carbocycles. The standard InChI is InChI=1S/C11H16N4S/c1-15(7-8-3-2-4-8)11-9(10(12)16)5-6-13-14-11/h5-6,8H,2-4,7H2,1H3,(H2,12,16). The fourth-order valence-electron chi connectivity index (χ4n) is 1.95. The Hall–Kier alpha value is -1.23. The Morgan fingerprint density at radius 2 is 2.38 bits per heavy atom. The van der Waals surface area contributed by atoms with Crippen LogP contribution in [0.25, 0.3) is 0 Å². The number of nitrogens with zero attached hydrogens (tertiary/aromatic N) is 3. The van der Waals surface area contributed by atoms with E-state index in [1.165, 1.54) is 19.3 Å². The van der Waals surface area contributed by atoms with Crippen molar-refractivity contribution < 1.29 is 0 Å². The predicted molar refractivity (Wildman–Crippen MR) is 68.5 cm³/mol. The molecule has 1 aliphatic rings. The molecule has 4 nitrogen and oxygen atoms in total. The molecule has 1 saturated carbocycles. The van der Waals surface area contributed by atoms with Gasteiger partial charge in [0.1, 0.15) is 4.99 Å². The first-order valence-corrected chi connectivity index (χ1v) is 5.92. The number of aromatic nitrogens is 2. The molecule has 1 aromatic heterocycles. The van der Waals surface area contributed by atoms with E-state index in [0.717, 1.165) is 23.8 Å². The van der Waals surface area contributed by atoms with E-state index < -0.39 is 0 Å². The van der Waals surface area contributed by atoms with Gasteiger partial charge in [-0.2, -0.15) is 5.10 Å². The van der Waals surface area contributed by atoms with Crippen LogP contribution in [0.1, 0.15) is 24.8 Å². The zero-order valence-electron chi connectivity index (χ0n) is 9.39. The molecule has 0 atom stereocenters. The minimum atomic E-state index is 0.380. The Morgan fingerprint density at radius 3 is 2.94 bits per heavy atom. The molecule has 1 heterocycles. The van der Waals surface area contributed by atoms with Crippen LogP contribution < -0.4 is 10.6 Å². The quantitative estimate of drug-likeness (QED) is 0.800. The van der Waals surface area contributed by atoms with E-state index >= 15 is 0 Å². The SMILES string of the molecule is CN(CC1CCC1)c1nnccc1C(N)=S. The van der Waals surface area contributed by atoms with Crippen LogP contribution in [0.15, 0.2) is 12.3 Å². The van der Waals surface area contributed by atoms with Gasteiger partial charge in [-0.25, -0.2) is 0 Å². The van der Waals surface area contributed by atoms with Crippen LogP contribution in [0.2, 0.25) is 0 Å². The van der Waals surface area contributed by atoms with Gasteiger partial charge >= 0.3 is 0 Å². The summed E-state index contributed by atoms with van der Waals surface area (Å²) in [7, 11) is 2.02. The summed E-state index contributed by atoms with van der Waals surface area (Å²) < 4.78 is 0. The summed E-state index contributed by atoms with van der Waals surface area (Å²) in [5, 5.41) is 8.01. The van der Waals surface area contributed by atoms with Crippen molar-refractivity contribution in [3.8, 4) is 0 Å². The average molecular weight is 236 g/mol. The summed E-state index contributed by atoms with van der Waals surface area (Å²) >= 11 is 5.01. The molecule has 0 aromatic carbocycles. The van der Waals surface area contributed by atoms with Crippen LogP contribution in [0.5, 0.6) is 0 Å². The van der Waals surface area contributed by atoms with Crippen molar-refractivity contribution in [3.63, 3.8) is 0 Å². The summed E-state index contributed by atoms with van der Waals surface area (Å²) in [6.07, 6.45) is 5.59. The minimum Gasteiger partial charge on any atom is -0.389 e. The van der Waals surface area contributed by atoms with Crippen molar-refractivity contribution >= 4 is 23.0 Å². The van der Waals surface area contributed by atoms with Crippen molar-refractivity contribution in [2.45, 2.75) is 19.3 Å². The van der Waals surface area contributed by atoms with Crippen LogP contribution in [-0.2, 0) is 0 Å². The lowest BCUT2D eigenvalue weighted by Crippen LogP contribution is -2.31. The van der Waals surface area contributed by atoms with E-state index in [-0.39, 0.29) is 0 Å². The van der Waals surface area contributed by atoms with Gasteiger partial charge in [0.25, 0.3) is 0 Å². The minimum absolute atomic E-state index is 0.380. The smallest absolute Gasteiger partial charge is 0.161 e. The molecule has 86 valence electrons. The van der Waals surface area contributed by atoms with Gasteiger partial charge < -0.3 is 10.6 Å². The third kappa shape index (κ3) is 2.29. The first-order chi connectivity index (χ1) is 7.68. The topological polar surface area (TPSA) is 55.0 Å². The average Bonchev–Trinajstić information content (AvgIpc) is 2.23. The highest BCUT2D eigenvalue weighted by atomic mass is 32.1. The molecule has 2 rings (SSSR count). The van der Waals surface area contributed by atoms with Crippen LogP contribution in [0.4, 0.5) is 5.82 Å². The maximum atomic E-state index is 5.67. The van der Waals surface area contributed by atoms with Crippen molar-refractivity contribution in [1.29, 1.82) is 0 Å². The Morgan fingerprint density at radius 1 is 1.62 bits per heavy atom. The fourth-order valence-corrected chi connectivity index (χ4v) is 2.11. The lowest BCUT2D eigenvalue weighted by molar-refractivity contribution is 0.321. The van der Waals surface area contributed by atoms with Crippen LogP contribution in [0, 0.1) is 5.92 Å². The lowest BCUT2D eigenvalue weighted by atomic mass is 9.85. The maximum Gasteiger partial charge on any atom is 0.161 e. The van der Waals surface area contributed by atoms with Crippen molar-refractivity contribution in [2.75, 3.05) is 18.5 Å². The second-order valence-electron chi connectivity index (χ2n) is 4.31. The predicted octanol–water partition coefficient (Wildman–Crippen LogP) is 1.35. The van der Waals surface area contributed by atoms with E-state index in [1.807, 2.05) is 13.1 Å². The molecule has 1 aromatic rings. The zero-order valence-corrected chi connectivity index (χ0v) is 10.2. The van der Waals surface area contributed by atoms with Gasteiger partial charge in [0, 0.05) is 13.6 Å². The Labute approximate surface area is 101 Å². The van der Waals surface area contributed by atoms with Gasteiger partial charge in [-0.05, 0) is 24.8 Å². The Kier molecular flexibility index (Phi) is 3.33. The molecule has 0 spiro atoms. The van der Waals surface area contributed by atoms with Gasteiger partial charge in [-0.3, -0.25) is 0 Å². The number of rotatable bonds is 4. The zero-order chi connectivity index (χ0) is 11.5. The number of hydrogen-bond donors (Lipinski definition) is 1. The first kappa shape index (κ1) is 11.3. The molecule has 0 amide bonds. The Bertz CT molecular complexity index is 389. The number of hydrogen-bond acceptors (Lipinski definition) is 4. The summed E-state index contributed by atoms with van der Waals surface area (Å²) in [6, 6.07) is 1.82. The van der Waals surface area contributed by atoms with E-state index in [0.29, 0.717) is 4.99 Å². The van der Waals surface area contributed by atoms with Gasteiger partial charge in [0.15, 0.2) is 5.82 Å². The molecular weight excluding hydrogens is 220 g/mol. The molecule has 0 saturated heterocycles. The van der Waals surface area contributed by atoms with Crippen molar-refractivity contribution in [2.24, 2.45) is 11.7 Å². The number of thiocarbonyl (C=S) groups is 1. The van der Waals surface area contributed by atoms with Gasteiger partial charge in [0.2, 0.25) is 0 Å². The largest absolute Gasteiger partial charge is 0.389 e. The molecule has 0 bridgehead atoms. The third-order valence-electron chi connectivity index (χ3n) is 3.09. The molecule has 0 radical (unpaired) electrons. The highest BCUT2D eigenvalue weighted by Gasteiger charge is 2.21. The van der Waals surface area contributed by atoms with Gasteiger partial charge in [-0.15, -0.1) is 5.10 Å². The number of anilines is 1. The van der Waals surface area contributed by atoms with Crippen LogP contribution in [0.3, 0.4) is 0 Å². The fraction of sp³-hybridized carbons (Fsp3) is 0.545. The van der Waals surface area contributed by atoms with E-state index in [9.17, 15) is 0 Å². The summed E-state index contributed by atoms with van der Waals surface area (Å²) in [4.78, 5) is 2.48. The molecule has 0 unspecified atom stereocenters. The third-order valence-corrected chi connectivity index (χ3v) is 3.30. The second-order valence-corrected chi connectivity index (χ2v) is 4.75. The summed E-state index contributed by atoms with van der Waals surface area (Å²) in [5.41, 5.74) is 6.48. The monoisotopic (exact) mass is 236 g/mol. The van der Waals surface area contributed by atoms with Crippen LogP contribution >= 0.6 is 12.2 Å². The highest BCUT2D eigenvalue weighted by molar-refractivity contribution is 7.80. The molecular formula is C11H16N4S. The molecule has 1 fully saturated rings. The molecule has 5 heteroatoms. The normalized spacial score (nSPS) is 15.6. The van der Waals surface area contributed by atoms with Gasteiger partial charge in [0.05, 0.1) is 11.8 Å². The van der Waals surface area contributed by atoms with Crippen molar-refractivity contribution in [3.05, 3.63) is 17.8 Å². The summed E-state index contributed by atoms with van der Waals surface area (Å²) in [6.45, 7) is 1.01. The first-order valence-electron chi connectivity index (χ1n) is 5.51. The van der Waals surface area contributed by atoms with Crippen LogP contribution in [-0.4, -0.2) is 28.8 Å². The molecule has 2 N–H and O–H groups in total. The van der Waals surface area contributed by atoms with E-state index in [4.69, 9.17) is 18.0 Å². The van der Waals surface area contributed by atoms with E-state index in [1.54, 1.807) is 6.20 Å². The van der Waals surface area contributed by atoms with E-state index in [2.05, 4.69) is 15.1 Å². The highest BCUT2D eigenvalue weighted by Crippen LogP contribution is 2.28. The Balaban J connectivity index is 2.14. The van der Waals surface area contributed by atoms with Gasteiger partial charge in [-0.1, -0.05) is 18.6 Å². The number of nitrogens with two attached hydrogens (primary N) is 1. The maximum absolute atomic E-state index is 5.67. The molecule has 0 aliphatic heterocycles. The lowest BCUT2D eigenvalue weighted by Gasteiger charge is -2.31. The van der Waals surface area contributed by atoms with Crippen molar-refractivity contribution in [1.82, 2.24) is 10.2 Å². The molecule has 16 heavy (non-hydrogen) atoms. The second kappa shape index (κ2) is 4.74. The summed E-state index contributed by atoms with van der Waals surface area (Å²) in [5.74, 6) is 1.58.